The topological polar surface area (TPSA) is 117 Å². The van der Waals surface area contributed by atoms with E-state index in [9.17, 15) is 9.59 Å². The summed E-state index contributed by atoms with van der Waals surface area (Å²) in [5, 5.41) is 24.4. The van der Waals surface area contributed by atoms with Crippen LogP contribution in [0.4, 0.5) is 5.82 Å². The van der Waals surface area contributed by atoms with Crippen molar-refractivity contribution in [2.75, 3.05) is 5.32 Å². The Morgan fingerprint density at radius 1 is 1.47 bits per heavy atom. The molecule has 2 heterocycles. The summed E-state index contributed by atoms with van der Waals surface area (Å²) in [7, 11) is 0. The molecular weight excluding hydrogens is 252 g/mol. The number of nitrogens with one attached hydrogen (secondary N) is 1. The highest BCUT2D eigenvalue weighted by atomic mass is 16.4. The van der Waals surface area contributed by atoms with Gasteiger partial charge in [-0.05, 0) is 13.0 Å². The zero-order chi connectivity index (χ0) is 14.0. The van der Waals surface area contributed by atoms with Gasteiger partial charge in [0.25, 0.3) is 0 Å². The van der Waals surface area contributed by atoms with Crippen LogP contribution in [0.3, 0.4) is 0 Å². The number of carboxylic acids is 2. The molecule has 0 saturated carbocycles. The molecule has 0 spiro atoms. The van der Waals surface area contributed by atoms with E-state index >= 15 is 0 Å². The van der Waals surface area contributed by atoms with Gasteiger partial charge in [0.2, 0.25) is 0 Å². The number of fused-ring (bicyclic) bond motifs is 1. The van der Waals surface area contributed by atoms with E-state index in [2.05, 4.69) is 15.4 Å². The highest BCUT2D eigenvalue weighted by Gasteiger charge is 2.22. The zero-order valence-electron chi connectivity index (χ0n) is 10.1. The molecule has 3 N–H and O–H groups in total. The minimum atomic E-state index is -1.25. The van der Waals surface area contributed by atoms with E-state index in [0.717, 1.165) is 5.69 Å². The summed E-state index contributed by atoms with van der Waals surface area (Å²) in [4.78, 5) is 25.7. The van der Waals surface area contributed by atoms with Crippen LogP contribution in [0.2, 0.25) is 0 Å². The van der Waals surface area contributed by atoms with E-state index in [4.69, 9.17) is 10.2 Å². The molecule has 2 aromatic rings. The van der Waals surface area contributed by atoms with Crippen LogP contribution in [-0.2, 0) is 9.59 Å². The van der Waals surface area contributed by atoms with E-state index in [-0.39, 0.29) is 5.82 Å². The fraction of sp³-hybridized carbons (Fsp3) is 0.273. The molecular formula is C11H12N4O4. The molecule has 0 aliphatic heterocycles. The molecule has 8 nitrogen and oxygen atoms in total. The van der Waals surface area contributed by atoms with Crippen LogP contribution in [0, 0.1) is 6.92 Å². The summed E-state index contributed by atoms with van der Waals surface area (Å²) >= 11 is 0. The quantitative estimate of drug-likeness (QED) is 0.714. The molecule has 0 saturated heterocycles. The van der Waals surface area contributed by atoms with Crippen LogP contribution in [0.25, 0.3) is 5.52 Å². The summed E-state index contributed by atoms with van der Waals surface area (Å²) in [6.07, 6.45) is 2.55. The average Bonchev–Trinajstić information content (AvgIpc) is 2.68. The van der Waals surface area contributed by atoms with Crippen LogP contribution in [0.15, 0.2) is 18.5 Å². The van der Waals surface area contributed by atoms with E-state index < -0.39 is 24.4 Å². The van der Waals surface area contributed by atoms with Gasteiger partial charge in [-0.25, -0.2) is 14.3 Å². The maximum atomic E-state index is 11.0. The fourth-order valence-corrected chi connectivity index (χ4v) is 1.70. The standard InChI is InChI=1S/C11H12N4O4/c1-6-4-8-10(12-2-3-15(8)14-6)13-7(11(18)19)5-9(16)17/h2-4,7H,5H2,1H3,(H,12,13)(H,16,17)(H,18,19). The van der Waals surface area contributed by atoms with Crippen molar-refractivity contribution in [1.82, 2.24) is 14.6 Å². The SMILES string of the molecule is Cc1cc2c(NC(CC(=O)O)C(=O)O)nccn2n1. The Morgan fingerprint density at radius 3 is 2.84 bits per heavy atom. The van der Waals surface area contributed by atoms with Gasteiger partial charge in [-0.2, -0.15) is 5.10 Å². The van der Waals surface area contributed by atoms with Crippen molar-refractivity contribution < 1.29 is 19.8 Å². The molecule has 2 rings (SSSR count). The highest BCUT2D eigenvalue weighted by Crippen LogP contribution is 2.16. The van der Waals surface area contributed by atoms with Crippen LogP contribution in [-0.4, -0.2) is 42.8 Å². The van der Waals surface area contributed by atoms with Crippen LogP contribution < -0.4 is 5.32 Å². The van der Waals surface area contributed by atoms with Crippen molar-refractivity contribution >= 4 is 23.3 Å². The molecule has 0 fully saturated rings. The largest absolute Gasteiger partial charge is 0.481 e. The van der Waals surface area contributed by atoms with E-state index in [1.54, 1.807) is 23.7 Å². The van der Waals surface area contributed by atoms with Gasteiger partial charge in [0.1, 0.15) is 11.6 Å². The second-order valence-electron chi connectivity index (χ2n) is 4.02. The maximum Gasteiger partial charge on any atom is 0.326 e. The van der Waals surface area contributed by atoms with Gasteiger partial charge in [0, 0.05) is 12.4 Å². The van der Waals surface area contributed by atoms with Crippen LogP contribution in [0.1, 0.15) is 12.1 Å². The number of hydrogen-bond donors (Lipinski definition) is 3. The first-order chi connectivity index (χ1) is 8.97. The summed E-state index contributed by atoms with van der Waals surface area (Å²) in [6, 6.07) is 0.487. The average molecular weight is 264 g/mol. The Hall–Kier alpha value is -2.64. The normalized spacial score (nSPS) is 12.3. The summed E-state index contributed by atoms with van der Waals surface area (Å²) in [6.45, 7) is 1.79. The van der Waals surface area contributed by atoms with E-state index in [1.807, 2.05) is 0 Å². The van der Waals surface area contributed by atoms with Gasteiger partial charge in [0.15, 0.2) is 5.82 Å². The molecule has 1 unspecified atom stereocenters. The summed E-state index contributed by atoms with van der Waals surface area (Å²) in [5.74, 6) is -2.16. The predicted molar refractivity (Wildman–Crippen MR) is 65.0 cm³/mol. The molecule has 100 valence electrons. The zero-order valence-corrected chi connectivity index (χ0v) is 10.1. The Balaban J connectivity index is 2.33. The van der Waals surface area contributed by atoms with Crippen molar-refractivity contribution in [3.05, 3.63) is 24.2 Å². The van der Waals surface area contributed by atoms with Gasteiger partial charge in [-0.3, -0.25) is 4.79 Å². The van der Waals surface area contributed by atoms with Crippen molar-refractivity contribution in [3.8, 4) is 0 Å². The number of aromatic nitrogens is 3. The molecule has 1 atom stereocenters. The minimum absolute atomic E-state index is 0.289. The van der Waals surface area contributed by atoms with Gasteiger partial charge in [-0.1, -0.05) is 0 Å². The second-order valence-corrected chi connectivity index (χ2v) is 4.02. The summed E-state index contributed by atoms with van der Waals surface area (Å²) < 4.78 is 1.55. The Morgan fingerprint density at radius 2 is 2.21 bits per heavy atom. The predicted octanol–water partition coefficient (Wildman–Crippen LogP) is 0.378. The maximum absolute atomic E-state index is 11.0. The molecule has 2 aromatic heterocycles. The number of aryl methyl sites for hydroxylation is 1. The molecule has 0 bridgehead atoms. The molecule has 19 heavy (non-hydrogen) atoms. The third kappa shape index (κ3) is 2.79. The first-order valence-electron chi connectivity index (χ1n) is 5.49. The van der Waals surface area contributed by atoms with Crippen molar-refractivity contribution in [3.63, 3.8) is 0 Å². The molecule has 0 aromatic carbocycles. The first-order valence-corrected chi connectivity index (χ1v) is 5.49. The second kappa shape index (κ2) is 4.92. The first kappa shape index (κ1) is 12.8. The molecule has 0 aliphatic carbocycles. The number of carbonyl (C=O) groups is 2. The molecule has 0 radical (unpaired) electrons. The molecule has 0 aliphatic rings. The lowest BCUT2D eigenvalue weighted by Crippen LogP contribution is -2.32. The Kier molecular flexibility index (Phi) is 3.32. The monoisotopic (exact) mass is 264 g/mol. The number of hydrogen-bond acceptors (Lipinski definition) is 5. The van der Waals surface area contributed by atoms with Gasteiger partial charge >= 0.3 is 11.9 Å². The van der Waals surface area contributed by atoms with Crippen molar-refractivity contribution in [2.24, 2.45) is 0 Å². The number of aliphatic carboxylic acids is 2. The molecule has 0 amide bonds. The minimum Gasteiger partial charge on any atom is -0.481 e. The Bertz CT molecular complexity index is 637. The van der Waals surface area contributed by atoms with E-state index in [1.165, 1.54) is 6.20 Å². The van der Waals surface area contributed by atoms with Gasteiger partial charge < -0.3 is 15.5 Å². The number of carboxylic acid groups (broad SMARTS) is 2. The number of rotatable bonds is 5. The number of anilines is 1. The third-order valence-electron chi connectivity index (χ3n) is 2.50. The lowest BCUT2D eigenvalue weighted by Gasteiger charge is -2.13. The van der Waals surface area contributed by atoms with Gasteiger partial charge in [0.05, 0.1) is 12.1 Å². The van der Waals surface area contributed by atoms with E-state index in [0.29, 0.717) is 5.52 Å². The molecule has 8 heteroatoms. The third-order valence-corrected chi connectivity index (χ3v) is 2.50. The fourth-order valence-electron chi connectivity index (χ4n) is 1.70. The van der Waals surface area contributed by atoms with Gasteiger partial charge in [-0.15, -0.1) is 0 Å². The Labute approximate surface area is 107 Å². The van der Waals surface area contributed by atoms with Crippen molar-refractivity contribution in [2.45, 2.75) is 19.4 Å². The van der Waals surface area contributed by atoms with Crippen molar-refractivity contribution in [1.29, 1.82) is 0 Å². The van der Waals surface area contributed by atoms with Crippen LogP contribution >= 0.6 is 0 Å². The van der Waals surface area contributed by atoms with Crippen LogP contribution in [0.5, 0.6) is 0 Å². The number of nitrogens with zero attached hydrogens (tertiary/aromatic N) is 3. The highest BCUT2D eigenvalue weighted by molar-refractivity contribution is 5.84. The lowest BCUT2D eigenvalue weighted by atomic mass is 10.2. The summed E-state index contributed by atoms with van der Waals surface area (Å²) in [5.41, 5.74) is 1.35. The smallest absolute Gasteiger partial charge is 0.326 e. The lowest BCUT2D eigenvalue weighted by molar-refractivity contribution is -0.144.